The summed E-state index contributed by atoms with van der Waals surface area (Å²) in [5.74, 6) is -0.688. The van der Waals surface area contributed by atoms with E-state index in [1.54, 1.807) is 12.5 Å². The Bertz CT molecular complexity index is 972. The van der Waals surface area contributed by atoms with Gasteiger partial charge in [-0.05, 0) is 12.1 Å². The Morgan fingerprint density at radius 3 is 1.92 bits per heavy atom. The number of amides is 1. The van der Waals surface area contributed by atoms with E-state index in [1.807, 2.05) is 48.5 Å². The van der Waals surface area contributed by atoms with Crippen LogP contribution in [0.1, 0.15) is 24.0 Å². The number of para-hydroxylation sites is 2. The Kier molecular flexibility index (Phi) is 3.78. The maximum atomic E-state index is 11.6. The fourth-order valence-electron chi connectivity index (χ4n) is 3.20. The largest absolute Gasteiger partial charge is 0.464 e. The minimum absolute atomic E-state index is 0.113. The zero-order valence-electron chi connectivity index (χ0n) is 13.7. The zero-order valence-corrected chi connectivity index (χ0v) is 13.7. The maximum absolute atomic E-state index is 11.6. The Morgan fingerprint density at radius 1 is 0.960 bits per heavy atom. The van der Waals surface area contributed by atoms with Crippen LogP contribution in [0.2, 0.25) is 0 Å². The third-order valence-corrected chi connectivity index (χ3v) is 4.49. The standard InChI is InChI=1S/C20H17NO4/c1-13(22)21(23)10-16(17-11-24-19-8-4-2-6-14(17)19)18-12-25-20-9-5-3-7-15(18)20/h2-9,11-12,16,23H,10H2,1H3. The van der Waals surface area contributed by atoms with Crippen LogP contribution >= 0.6 is 0 Å². The maximum Gasteiger partial charge on any atom is 0.242 e. The fourth-order valence-corrected chi connectivity index (χ4v) is 3.20. The van der Waals surface area contributed by atoms with Gasteiger partial charge < -0.3 is 8.83 Å². The zero-order chi connectivity index (χ0) is 17.4. The quantitative estimate of drug-likeness (QED) is 0.439. The van der Waals surface area contributed by atoms with Gasteiger partial charge in [0.2, 0.25) is 5.91 Å². The molecule has 1 N–H and O–H groups in total. The summed E-state index contributed by atoms with van der Waals surface area (Å²) in [6.07, 6.45) is 3.37. The Morgan fingerprint density at radius 2 is 1.44 bits per heavy atom. The molecule has 25 heavy (non-hydrogen) atoms. The summed E-state index contributed by atoms with van der Waals surface area (Å²) in [4.78, 5) is 11.6. The van der Waals surface area contributed by atoms with E-state index in [2.05, 4.69) is 0 Å². The molecule has 0 fully saturated rings. The van der Waals surface area contributed by atoms with E-state index in [0.29, 0.717) is 0 Å². The smallest absolute Gasteiger partial charge is 0.242 e. The van der Waals surface area contributed by atoms with Gasteiger partial charge in [-0.3, -0.25) is 10.0 Å². The van der Waals surface area contributed by atoms with Crippen molar-refractivity contribution in [2.24, 2.45) is 0 Å². The highest BCUT2D eigenvalue weighted by Gasteiger charge is 2.25. The number of rotatable bonds is 4. The Hall–Kier alpha value is -3.05. The molecule has 0 aliphatic carbocycles. The van der Waals surface area contributed by atoms with Gasteiger partial charge in [0.05, 0.1) is 19.1 Å². The number of hydroxylamine groups is 2. The highest BCUT2D eigenvalue weighted by Crippen LogP contribution is 2.37. The summed E-state index contributed by atoms with van der Waals surface area (Å²) >= 11 is 0. The average Bonchev–Trinajstić information content (AvgIpc) is 3.24. The molecule has 2 aromatic heterocycles. The second kappa shape index (κ2) is 6.11. The lowest BCUT2D eigenvalue weighted by Crippen LogP contribution is -2.29. The van der Waals surface area contributed by atoms with Gasteiger partial charge in [-0.2, -0.15) is 0 Å². The molecular formula is C20H17NO4. The summed E-state index contributed by atoms with van der Waals surface area (Å²) in [6, 6.07) is 15.4. The van der Waals surface area contributed by atoms with Crippen molar-refractivity contribution in [3.05, 3.63) is 72.2 Å². The van der Waals surface area contributed by atoms with E-state index < -0.39 is 5.91 Å². The van der Waals surface area contributed by atoms with Crippen LogP contribution in [-0.2, 0) is 4.79 Å². The van der Waals surface area contributed by atoms with Crippen LogP contribution < -0.4 is 0 Å². The third-order valence-electron chi connectivity index (χ3n) is 4.49. The molecule has 0 atom stereocenters. The molecule has 0 saturated heterocycles. The molecule has 0 aliphatic rings. The van der Waals surface area contributed by atoms with E-state index in [4.69, 9.17) is 8.83 Å². The van der Waals surface area contributed by atoms with Crippen molar-refractivity contribution in [2.75, 3.05) is 6.54 Å². The van der Waals surface area contributed by atoms with E-state index in [-0.39, 0.29) is 12.5 Å². The second-order valence-corrected chi connectivity index (χ2v) is 6.03. The van der Waals surface area contributed by atoms with Crippen molar-refractivity contribution in [3.8, 4) is 0 Å². The number of fused-ring (bicyclic) bond motifs is 2. The van der Waals surface area contributed by atoms with E-state index >= 15 is 0 Å². The van der Waals surface area contributed by atoms with Crippen molar-refractivity contribution < 1.29 is 18.8 Å². The fraction of sp³-hybridized carbons (Fsp3) is 0.150. The van der Waals surface area contributed by atoms with Gasteiger partial charge in [0.1, 0.15) is 11.2 Å². The molecule has 0 radical (unpaired) electrons. The first-order valence-electron chi connectivity index (χ1n) is 8.04. The number of carbonyl (C=O) groups is 1. The predicted octanol–water partition coefficient (Wildman–Crippen LogP) is 4.55. The predicted molar refractivity (Wildman–Crippen MR) is 93.4 cm³/mol. The highest BCUT2D eigenvalue weighted by atomic mass is 16.5. The van der Waals surface area contributed by atoms with Gasteiger partial charge in [0.15, 0.2) is 0 Å². The molecule has 5 nitrogen and oxygen atoms in total. The van der Waals surface area contributed by atoms with Gasteiger partial charge in [0.25, 0.3) is 0 Å². The van der Waals surface area contributed by atoms with Crippen molar-refractivity contribution in [1.29, 1.82) is 0 Å². The van der Waals surface area contributed by atoms with E-state index in [9.17, 15) is 10.0 Å². The number of nitrogens with zero attached hydrogens (tertiary/aromatic N) is 1. The molecular weight excluding hydrogens is 318 g/mol. The highest BCUT2D eigenvalue weighted by molar-refractivity contribution is 5.86. The molecule has 4 rings (SSSR count). The van der Waals surface area contributed by atoms with Gasteiger partial charge in [0, 0.05) is 34.7 Å². The van der Waals surface area contributed by atoms with Crippen molar-refractivity contribution in [3.63, 3.8) is 0 Å². The average molecular weight is 335 g/mol. The Balaban J connectivity index is 1.88. The molecule has 0 aliphatic heterocycles. The van der Waals surface area contributed by atoms with Gasteiger partial charge >= 0.3 is 0 Å². The first kappa shape index (κ1) is 15.5. The second-order valence-electron chi connectivity index (χ2n) is 6.03. The van der Waals surface area contributed by atoms with E-state index in [1.165, 1.54) is 6.92 Å². The monoisotopic (exact) mass is 335 g/mol. The van der Waals surface area contributed by atoms with Crippen LogP contribution in [0.3, 0.4) is 0 Å². The molecule has 0 spiro atoms. The molecule has 4 aromatic rings. The molecule has 2 aromatic carbocycles. The van der Waals surface area contributed by atoms with Crippen molar-refractivity contribution in [2.45, 2.75) is 12.8 Å². The van der Waals surface area contributed by atoms with Crippen LogP contribution in [0, 0.1) is 0 Å². The SMILES string of the molecule is CC(=O)N(O)CC(c1coc2ccccc12)c1coc2ccccc12. The topological polar surface area (TPSA) is 66.8 Å². The number of hydrogen-bond donors (Lipinski definition) is 1. The van der Waals surface area contributed by atoms with Crippen molar-refractivity contribution >= 4 is 27.8 Å². The van der Waals surface area contributed by atoms with Crippen LogP contribution in [0.5, 0.6) is 0 Å². The summed E-state index contributed by atoms with van der Waals surface area (Å²) in [7, 11) is 0. The lowest BCUT2D eigenvalue weighted by molar-refractivity contribution is -0.163. The Labute approximate surface area is 144 Å². The summed E-state index contributed by atoms with van der Waals surface area (Å²) < 4.78 is 11.3. The first-order valence-corrected chi connectivity index (χ1v) is 8.04. The van der Waals surface area contributed by atoms with E-state index in [0.717, 1.165) is 38.1 Å². The summed E-state index contributed by atoms with van der Waals surface area (Å²) in [5, 5.41) is 12.7. The normalized spacial score (nSPS) is 11.5. The third kappa shape index (κ3) is 2.68. The van der Waals surface area contributed by atoms with Gasteiger partial charge in [-0.15, -0.1) is 0 Å². The molecule has 0 unspecified atom stereocenters. The number of furan rings is 2. The first-order chi connectivity index (χ1) is 12.1. The minimum atomic E-state index is -0.411. The van der Waals surface area contributed by atoms with Crippen LogP contribution in [0.4, 0.5) is 0 Å². The summed E-state index contributed by atoms with van der Waals surface area (Å²) in [5.41, 5.74) is 3.34. The lowest BCUT2D eigenvalue weighted by atomic mass is 9.90. The lowest BCUT2D eigenvalue weighted by Gasteiger charge is -2.20. The number of hydrogen-bond acceptors (Lipinski definition) is 4. The van der Waals surface area contributed by atoms with Gasteiger partial charge in [-0.25, -0.2) is 5.06 Å². The van der Waals surface area contributed by atoms with Crippen LogP contribution in [-0.4, -0.2) is 22.7 Å². The number of benzene rings is 2. The molecule has 2 heterocycles. The van der Waals surface area contributed by atoms with Crippen molar-refractivity contribution in [1.82, 2.24) is 5.06 Å². The van der Waals surface area contributed by atoms with Crippen LogP contribution in [0.25, 0.3) is 21.9 Å². The van der Waals surface area contributed by atoms with Crippen LogP contribution in [0.15, 0.2) is 69.9 Å². The minimum Gasteiger partial charge on any atom is -0.464 e. The number of carbonyl (C=O) groups excluding carboxylic acids is 1. The molecule has 0 saturated carbocycles. The van der Waals surface area contributed by atoms with Gasteiger partial charge in [-0.1, -0.05) is 36.4 Å². The molecule has 126 valence electrons. The molecule has 1 amide bonds. The summed E-state index contributed by atoms with van der Waals surface area (Å²) in [6.45, 7) is 1.44. The molecule has 0 bridgehead atoms. The molecule has 5 heteroatoms.